The zero-order chi connectivity index (χ0) is 28.6. The molecule has 5 rings (SSSR count). The Morgan fingerprint density at radius 1 is 0.500 bits per heavy atom. The third-order valence-corrected chi connectivity index (χ3v) is 6.58. The fourth-order valence-electron chi connectivity index (χ4n) is 4.56. The van der Waals surface area contributed by atoms with Gasteiger partial charge in [-0.1, -0.05) is 48.6 Å². The largest absolute Gasteiger partial charge is 0.510 e. The number of Topliss-reactive ketones (excluding diaryl/α,β-unsaturated/α-hetero) is 1. The van der Waals surface area contributed by atoms with Crippen molar-refractivity contribution in [1.82, 2.24) is 0 Å². The Kier molecular flexibility index (Phi) is 6.67. The van der Waals surface area contributed by atoms with Gasteiger partial charge in [-0.3, -0.25) is 4.79 Å². The van der Waals surface area contributed by atoms with Gasteiger partial charge in [0.2, 0.25) is 0 Å². The molecule has 0 amide bonds. The van der Waals surface area contributed by atoms with Gasteiger partial charge in [0.05, 0.1) is 16.7 Å². The van der Waals surface area contributed by atoms with Crippen molar-refractivity contribution in [3.8, 4) is 34.5 Å². The molecule has 1 atom stereocenters. The van der Waals surface area contributed by atoms with Crippen LogP contribution in [0.15, 0.2) is 78.6 Å². The summed E-state index contributed by atoms with van der Waals surface area (Å²) in [7, 11) is 0. The third-order valence-electron chi connectivity index (χ3n) is 6.58. The first-order valence-electron chi connectivity index (χ1n) is 12.2. The van der Waals surface area contributed by atoms with Crippen LogP contribution in [-0.2, 0) is 4.79 Å². The molecule has 4 aromatic carbocycles. The molecule has 7 N–H and O–H groups in total. The van der Waals surface area contributed by atoms with Crippen LogP contribution in [0.1, 0.15) is 39.3 Å². The number of ketones is 1. The van der Waals surface area contributed by atoms with Crippen LogP contribution in [0, 0.1) is 0 Å². The zero-order valence-electron chi connectivity index (χ0n) is 20.9. The summed E-state index contributed by atoms with van der Waals surface area (Å²) in [5.74, 6) is -4.08. The molecule has 0 saturated carbocycles. The summed E-state index contributed by atoms with van der Waals surface area (Å²) in [6, 6.07) is 18.1. The van der Waals surface area contributed by atoms with Crippen molar-refractivity contribution >= 4 is 35.7 Å². The van der Waals surface area contributed by atoms with Crippen LogP contribution in [0.3, 0.4) is 0 Å². The van der Waals surface area contributed by atoms with Gasteiger partial charge in [0, 0.05) is 0 Å². The molecular formula is C32H24O8. The summed E-state index contributed by atoms with van der Waals surface area (Å²) in [5.41, 5.74) is 1.61. The first-order chi connectivity index (χ1) is 19.1. The molecule has 0 fully saturated rings. The molecule has 0 radical (unpaired) electrons. The van der Waals surface area contributed by atoms with Crippen LogP contribution in [0.25, 0.3) is 29.9 Å². The second kappa shape index (κ2) is 10.3. The monoisotopic (exact) mass is 536 g/mol. The molecule has 0 spiro atoms. The van der Waals surface area contributed by atoms with Crippen LogP contribution in [0.4, 0.5) is 0 Å². The minimum atomic E-state index is -1.38. The van der Waals surface area contributed by atoms with E-state index in [-0.39, 0.29) is 28.2 Å². The van der Waals surface area contributed by atoms with Crippen molar-refractivity contribution in [2.24, 2.45) is 0 Å². The van der Waals surface area contributed by atoms with Gasteiger partial charge in [-0.15, -0.1) is 0 Å². The molecule has 8 nitrogen and oxygen atoms in total. The molecule has 0 saturated heterocycles. The number of phenols is 6. The van der Waals surface area contributed by atoms with E-state index in [4.69, 9.17) is 0 Å². The number of phenolic OH excluding ortho intramolecular Hbond substituents is 6. The van der Waals surface area contributed by atoms with Gasteiger partial charge in [0.1, 0.15) is 46.2 Å². The summed E-state index contributed by atoms with van der Waals surface area (Å²) in [6.45, 7) is 0. The highest BCUT2D eigenvalue weighted by Crippen LogP contribution is 2.52. The quantitative estimate of drug-likeness (QED) is 0.150. The Hall–Kier alpha value is -5.63. The molecule has 0 aromatic heterocycles. The predicted molar refractivity (Wildman–Crippen MR) is 151 cm³/mol. The van der Waals surface area contributed by atoms with Crippen molar-refractivity contribution in [2.75, 3.05) is 0 Å². The summed E-state index contributed by atoms with van der Waals surface area (Å²) >= 11 is 0. The van der Waals surface area contributed by atoms with E-state index in [9.17, 15) is 40.5 Å². The number of aliphatic hydroxyl groups excluding tert-OH is 1. The number of hydrogen-bond acceptors (Lipinski definition) is 8. The van der Waals surface area contributed by atoms with Gasteiger partial charge in [0.25, 0.3) is 0 Å². The van der Waals surface area contributed by atoms with Gasteiger partial charge in [-0.05, 0) is 70.8 Å². The molecule has 8 heteroatoms. The molecule has 0 bridgehead atoms. The van der Waals surface area contributed by atoms with Gasteiger partial charge in [0.15, 0.2) is 5.78 Å². The Morgan fingerprint density at radius 2 is 0.875 bits per heavy atom. The van der Waals surface area contributed by atoms with Crippen molar-refractivity contribution in [1.29, 1.82) is 0 Å². The van der Waals surface area contributed by atoms with Crippen molar-refractivity contribution in [3.63, 3.8) is 0 Å². The Balaban J connectivity index is 1.41. The molecule has 4 aromatic rings. The van der Waals surface area contributed by atoms with E-state index in [0.717, 1.165) is 11.1 Å². The lowest BCUT2D eigenvalue weighted by molar-refractivity contribution is -0.116. The third kappa shape index (κ3) is 4.93. The minimum absolute atomic E-state index is 0.119. The second-order valence-electron chi connectivity index (χ2n) is 9.31. The summed E-state index contributed by atoms with van der Waals surface area (Å²) < 4.78 is 0. The average molecular weight is 537 g/mol. The maximum atomic E-state index is 13.1. The van der Waals surface area contributed by atoms with E-state index in [1.54, 1.807) is 48.6 Å². The summed E-state index contributed by atoms with van der Waals surface area (Å²) in [4.78, 5) is 13.1. The molecule has 200 valence electrons. The Bertz CT molecular complexity index is 1670. The molecule has 0 heterocycles. The maximum absolute atomic E-state index is 13.1. The van der Waals surface area contributed by atoms with Crippen LogP contribution in [0.2, 0.25) is 0 Å². The molecule has 1 aliphatic rings. The van der Waals surface area contributed by atoms with Gasteiger partial charge in [-0.25, -0.2) is 0 Å². The summed E-state index contributed by atoms with van der Waals surface area (Å²) in [6.07, 6.45) is 6.63. The van der Waals surface area contributed by atoms with Gasteiger partial charge < -0.3 is 35.7 Å². The normalized spacial score (nSPS) is 15.2. The van der Waals surface area contributed by atoms with E-state index < -0.39 is 40.5 Å². The van der Waals surface area contributed by atoms with Crippen LogP contribution >= 0.6 is 0 Å². The molecule has 1 unspecified atom stereocenters. The molecule has 40 heavy (non-hydrogen) atoms. The smallest absolute Gasteiger partial charge is 0.182 e. The fraction of sp³-hybridized carbons (Fsp3) is 0.0312. The minimum Gasteiger partial charge on any atom is -0.510 e. The average Bonchev–Trinajstić information content (AvgIpc) is 2.92. The lowest BCUT2D eigenvalue weighted by Crippen LogP contribution is -2.28. The highest BCUT2D eigenvalue weighted by atomic mass is 16.3. The van der Waals surface area contributed by atoms with Crippen LogP contribution in [-0.4, -0.2) is 41.5 Å². The number of carbonyl (C=O) groups is 1. The summed E-state index contributed by atoms with van der Waals surface area (Å²) in [5, 5.41) is 72.0. The number of aromatic hydroxyl groups is 6. The Labute approximate surface area is 228 Å². The highest BCUT2D eigenvalue weighted by molar-refractivity contribution is 6.33. The van der Waals surface area contributed by atoms with Gasteiger partial charge >= 0.3 is 0 Å². The molecule has 0 aliphatic heterocycles. The maximum Gasteiger partial charge on any atom is 0.182 e. The van der Waals surface area contributed by atoms with E-state index in [1.807, 2.05) is 0 Å². The number of benzene rings is 4. The zero-order valence-corrected chi connectivity index (χ0v) is 20.9. The number of carbonyl (C=O) groups excluding carboxylic acids is 1. The molecular weight excluding hydrogens is 512 g/mol. The first kappa shape index (κ1) is 26.0. The predicted octanol–water partition coefficient (Wildman–Crippen LogP) is 5.90. The van der Waals surface area contributed by atoms with E-state index in [0.29, 0.717) is 11.1 Å². The first-order valence-corrected chi connectivity index (χ1v) is 12.2. The second-order valence-corrected chi connectivity index (χ2v) is 9.31. The van der Waals surface area contributed by atoms with Crippen molar-refractivity contribution in [2.45, 2.75) is 5.92 Å². The van der Waals surface area contributed by atoms with Crippen LogP contribution in [0.5, 0.6) is 34.5 Å². The topological polar surface area (TPSA) is 159 Å². The molecule has 1 aliphatic carbocycles. The fourth-order valence-corrected chi connectivity index (χ4v) is 4.56. The van der Waals surface area contributed by atoms with E-state index in [2.05, 4.69) is 0 Å². The number of aliphatic hydroxyl groups is 1. The SMILES string of the molecule is O=C1C(c2c(O)cc(/C=C/c3ccc(O)cc3)cc2O)=C(O)C1c1c(O)cc(/C=C/c2ccc(O)cc2)cc1O. The van der Waals surface area contributed by atoms with Crippen molar-refractivity contribution in [3.05, 3.63) is 112 Å². The highest BCUT2D eigenvalue weighted by Gasteiger charge is 2.45. The van der Waals surface area contributed by atoms with E-state index in [1.165, 1.54) is 48.5 Å². The lowest BCUT2D eigenvalue weighted by atomic mass is 9.73. The number of rotatable bonds is 6. The van der Waals surface area contributed by atoms with Crippen LogP contribution < -0.4 is 0 Å². The van der Waals surface area contributed by atoms with E-state index >= 15 is 0 Å². The number of hydrogen-bond donors (Lipinski definition) is 7. The van der Waals surface area contributed by atoms with Crippen molar-refractivity contribution < 1.29 is 40.5 Å². The standard InChI is InChI=1S/C32H24O8/c33-21-9-5-17(6-10-21)1-3-19-13-23(35)27(24(36)14-19)29-31(39)30(32(29)40)28-25(37)15-20(16-26(28)38)4-2-18-7-11-22(34)12-8-18/h1-16,29,33-39H/b3-1+,4-2+. The van der Waals surface area contributed by atoms with Gasteiger partial charge in [-0.2, -0.15) is 0 Å². The lowest BCUT2D eigenvalue weighted by Gasteiger charge is -2.30. The number of allylic oxidation sites excluding steroid dienone is 2. The Morgan fingerprint density at radius 3 is 1.27 bits per heavy atom.